The van der Waals surface area contributed by atoms with Crippen molar-refractivity contribution in [3.05, 3.63) is 48.0 Å². The molecule has 0 bridgehead atoms. The fraction of sp³-hybridized carbons (Fsp3) is 0.278. The summed E-state index contributed by atoms with van der Waals surface area (Å²) in [6.07, 6.45) is 3.52. The molecule has 124 valence electrons. The molecule has 0 N–H and O–H groups in total. The molecule has 6 nitrogen and oxygen atoms in total. The molecule has 0 spiro atoms. The van der Waals surface area contributed by atoms with Crippen LogP contribution in [0.25, 0.3) is 10.9 Å². The van der Waals surface area contributed by atoms with Gasteiger partial charge in [0.05, 0.1) is 25.9 Å². The highest BCUT2D eigenvalue weighted by molar-refractivity contribution is 5.88. The van der Waals surface area contributed by atoms with Crippen molar-refractivity contribution < 1.29 is 9.47 Å². The Kier molecular flexibility index (Phi) is 4.46. The van der Waals surface area contributed by atoms with E-state index in [0.717, 1.165) is 39.6 Å². The SMILES string of the molecule is COc1ccc(CN(C)c2nc(C)nc3cnccc23)cc1OC. The summed E-state index contributed by atoms with van der Waals surface area (Å²) >= 11 is 0. The molecule has 3 aromatic rings. The van der Waals surface area contributed by atoms with E-state index in [1.807, 2.05) is 38.2 Å². The van der Waals surface area contributed by atoms with Crippen LogP contribution >= 0.6 is 0 Å². The minimum absolute atomic E-state index is 0.689. The van der Waals surface area contributed by atoms with Gasteiger partial charge in [0.25, 0.3) is 0 Å². The number of ether oxygens (including phenoxy) is 2. The zero-order valence-corrected chi connectivity index (χ0v) is 14.3. The Balaban J connectivity index is 1.94. The van der Waals surface area contributed by atoms with Gasteiger partial charge in [-0.15, -0.1) is 0 Å². The lowest BCUT2D eigenvalue weighted by Crippen LogP contribution is -2.19. The molecule has 0 aliphatic heterocycles. The Morgan fingerprint density at radius 1 is 1.04 bits per heavy atom. The number of nitrogens with zero attached hydrogens (tertiary/aromatic N) is 4. The molecule has 0 saturated carbocycles. The Bertz CT molecular complexity index is 867. The van der Waals surface area contributed by atoms with Crippen LogP contribution < -0.4 is 14.4 Å². The third-order valence-electron chi connectivity index (χ3n) is 3.82. The highest BCUT2D eigenvalue weighted by atomic mass is 16.5. The number of benzene rings is 1. The summed E-state index contributed by atoms with van der Waals surface area (Å²) in [5.41, 5.74) is 1.95. The number of aryl methyl sites for hydroxylation is 1. The summed E-state index contributed by atoms with van der Waals surface area (Å²) in [4.78, 5) is 15.3. The first-order chi connectivity index (χ1) is 11.6. The molecule has 0 saturated heterocycles. The minimum atomic E-state index is 0.689. The Morgan fingerprint density at radius 3 is 2.58 bits per heavy atom. The van der Waals surface area contributed by atoms with Crippen molar-refractivity contribution in [1.82, 2.24) is 15.0 Å². The van der Waals surface area contributed by atoms with E-state index in [0.29, 0.717) is 6.54 Å². The van der Waals surface area contributed by atoms with Gasteiger partial charge < -0.3 is 14.4 Å². The molecular formula is C18H20N4O2. The van der Waals surface area contributed by atoms with Crippen LogP contribution in [0.4, 0.5) is 5.82 Å². The average Bonchev–Trinajstić information content (AvgIpc) is 2.60. The number of hydrogen-bond acceptors (Lipinski definition) is 6. The second-order valence-corrected chi connectivity index (χ2v) is 5.53. The monoisotopic (exact) mass is 324 g/mol. The van der Waals surface area contributed by atoms with Crippen LogP contribution in [0, 0.1) is 6.92 Å². The Hall–Kier alpha value is -2.89. The molecule has 2 aromatic heterocycles. The molecule has 0 unspecified atom stereocenters. The van der Waals surface area contributed by atoms with E-state index in [4.69, 9.17) is 9.47 Å². The maximum atomic E-state index is 5.38. The molecule has 0 amide bonds. The van der Waals surface area contributed by atoms with Crippen molar-refractivity contribution in [1.29, 1.82) is 0 Å². The Morgan fingerprint density at radius 2 is 1.83 bits per heavy atom. The molecule has 0 aliphatic rings. The van der Waals surface area contributed by atoms with Crippen LogP contribution in [-0.4, -0.2) is 36.2 Å². The second-order valence-electron chi connectivity index (χ2n) is 5.53. The summed E-state index contributed by atoms with van der Waals surface area (Å²) < 4.78 is 10.7. The van der Waals surface area contributed by atoms with Crippen LogP contribution in [0.5, 0.6) is 11.5 Å². The third kappa shape index (κ3) is 3.08. The first-order valence-corrected chi connectivity index (χ1v) is 7.62. The fourth-order valence-corrected chi connectivity index (χ4v) is 2.70. The van der Waals surface area contributed by atoms with E-state index in [1.165, 1.54) is 0 Å². The Labute approximate surface area is 141 Å². The van der Waals surface area contributed by atoms with Crippen LogP contribution in [0.2, 0.25) is 0 Å². The van der Waals surface area contributed by atoms with Gasteiger partial charge in [0.1, 0.15) is 11.6 Å². The van der Waals surface area contributed by atoms with Gasteiger partial charge in [0.15, 0.2) is 11.5 Å². The predicted molar refractivity (Wildman–Crippen MR) is 93.7 cm³/mol. The number of rotatable bonds is 5. The standard InChI is InChI=1S/C18H20N4O2/c1-12-20-15-10-19-8-7-14(15)18(21-12)22(2)11-13-5-6-16(23-3)17(9-13)24-4/h5-10H,11H2,1-4H3. The van der Waals surface area contributed by atoms with E-state index in [9.17, 15) is 0 Å². The largest absolute Gasteiger partial charge is 0.493 e. The van der Waals surface area contributed by atoms with Crippen LogP contribution in [0.1, 0.15) is 11.4 Å². The van der Waals surface area contributed by atoms with Gasteiger partial charge in [-0.05, 0) is 30.7 Å². The molecule has 24 heavy (non-hydrogen) atoms. The quantitative estimate of drug-likeness (QED) is 0.719. The van der Waals surface area contributed by atoms with Gasteiger partial charge in [-0.1, -0.05) is 6.07 Å². The van der Waals surface area contributed by atoms with E-state index in [-0.39, 0.29) is 0 Å². The highest BCUT2D eigenvalue weighted by Crippen LogP contribution is 2.29. The van der Waals surface area contributed by atoms with Crippen molar-refractivity contribution >= 4 is 16.7 Å². The fourth-order valence-electron chi connectivity index (χ4n) is 2.70. The number of hydrogen-bond donors (Lipinski definition) is 0. The summed E-state index contributed by atoms with van der Waals surface area (Å²) in [6.45, 7) is 2.58. The maximum absolute atomic E-state index is 5.38. The first-order valence-electron chi connectivity index (χ1n) is 7.62. The van der Waals surface area contributed by atoms with Crippen LogP contribution in [0.15, 0.2) is 36.7 Å². The smallest absolute Gasteiger partial charge is 0.161 e. The highest BCUT2D eigenvalue weighted by Gasteiger charge is 2.12. The number of anilines is 1. The van der Waals surface area contributed by atoms with Crippen molar-refractivity contribution in [2.45, 2.75) is 13.5 Å². The maximum Gasteiger partial charge on any atom is 0.161 e. The summed E-state index contributed by atoms with van der Waals surface area (Å²) in [7, 11) is 5.28. The second kappa shape index (κ2) is 6.70. The minimum Gasteiger partial charge on any atom is -0.493 e. The molecular weight excluding hydrogens is 304 g/mol. The number of methoxy groups -OCH3 is 2. The van der Waals surface area contributed by atoms with E-state index >= 15 is 0 Å². The van der Waals surface area contributed by atoms with Crippen molar-refractivity contribution in [2.75, 3.05) is 26.2 Å². The number of aromatic nitrogens is 3. The molecule has 0 atom stereocenters. The van der Waals surface area contributed by atoms with Gasteiger partial charge in [0.2, 0.25) is 0 Å². The lowest BCUT2D eigenvalue weighted by Gasteiger charge is -2.21. The van der Waals surface area contributed by atoms with Crippen LogP contribution in [0.3, 0.4) is 0 Å². The zero-order valence-electron chi connectivity index (χ0n) is 14.3. The predicted octanol–water partition coefficient (Wildman–Crippen LogP) is 2.99. The molecule has 3 rings (SSSR count). The van der Waals surface area contributed by atoms with Gasteiger partial charge in [-0.3, -0.25) is 4.98 Å². The summed E-state index contributed by atoms with van der Waals surface area (Å²) in [6, 6.07) is 7.85. The van der Waals surface area contributed by atoms with Crippen molar-refractivity contribution in [3.63, 3.8) is 0 Å². The molecule has 0 fully saturated rings. The summed E-state index contributed by atoms with van der Waals surface area (Å²) in [5.74, 6) is 3.05. The zero-order chi connectivity index (χ0) is 17.1. The molecule has 6 heteroatoms. The van der Waals surface area contributed by atoms with E-state index < -0.39 is 0 Å². The van der Waals surface area contributed by atoms with Gasteiger partial charge in [-0.25, -0.2) is 9.97 Å². The van der Waals surface area contributed by atoms with E-state index in [1.54, 1.807) is 26.6 Å². The van der Waals surface area contributed by atoms with Gasteiger partial charge >= 0.3 is 0 Å². The molecule has 1 aromatic carbocycles. The summed E-state index contributed by atoms with van der Waals surface area (Å²) in [5, 5.41) is 0.985. The lowest BCUT2D eigenvalue weighted by atomic mass is 10.2. The van der Waals surface area contributed by atoms with Gasteiger partial charge in [-0.2, -0.15) is 0 Å². The number of fused-ring (bicyclic) bond motifs is 1. The topological polar surface area (TPSA) is 60.4 Å². The van der Waals surface area contributed by atoms with Crippen LogP contribution in [-0.2, 0) is 6.54 Å². The number of pyridine rings is 1. The first kappa shape index (κ1) is 16.0. The van der Waals surface area contributed by atoms with Crippen molar-refractivity contribution in [2.24, 2.45) is 0 Å². The molecule has 2 heterocycles. The normalized spacial score (nSPS) is 10.7. The third-order valence-corrected chi connectivity index (χ3v) is 3.82. The molecule has 0 radical (unpaired) electrons. The van der Waals surface area contributed by atoms with Crippen molar-refractivity contribution in [3.8, 4) is 11.5 Å². The lowest BCUT2D eigenvalue weighted by molar-refractivity contribution is 0.354. The average molecular weight is 324 g/mol. The molecule has 0 aliphatic carbocycles. The van der Waals surface area contributed by atoms with E-state index in [2.05, 4.69) is 19.9 Å². The van der Waals surface area contributed by atoms with Gasteiger partial charge in [0, 0.05) is 25.2 Å².